The molecule has 19 heavy (non-hydrogen) atoms. The summed E-state index contributed by atoms with van der Waals surface area (Å²) in [7, 11) is 0. The van der Waals surface area contributed by atoms with Crippen molar-refractivity contribution >= 4 is 22.9 Å². The van der Waals surface area contributed by atoms with E-state index in [2.05, 4.69) is 9.72 Å². The number of aliphatic hydroxyl groups excluding tert-OH is 1. The number of carbonyl (C=O) groups excluding carboxylic acids is 2. The molecule has 0 spiro atoms. The van der Waals surface area contributed by atoms with Crippen LogP contribution in [0.3, 0.4) is 0 Å². The van der Waals surface area contributed by atoms with Crippen LogP contribution in [-0.4, -0.2) is 28.4 Å². The van der Waals surface area contributed by atoms with Crippen LogP contribution < -0.4 is 0 Å². The molecule has 1 aromatic heterocycles. The number of oxazole rings is 1. The molecule has 0 aliphatic carbocycles. The molecule has 1 heterocycles. The Kier molecular flexibility index (Phi) is 3.61. The molecule has 0 radical (unpaired) electrons. The van der Waals surface area contributed by atoms with E-state index in [0.29, 0.717) is 11.1 Å². The summed E-state index contributed by atoms with van der Waals surface area (Å²) in [5.41, 5.74) is 1.35. The van der Waals surface area contributed by atoms with Crippen molar-refractivity contribution < 1.29 is 23.8 Å². The second kappa shape index (κ2) is 5.34. The van der Waals surface area contributed by atoms with E-state index < -0.39 is 17.5 Å². The molecule has 1 aromatic carbocycles. The summed E-state index contributed by atoms with van der Waals surface area (Å²) in [6, 6.07) is 4.63. The van der Waals surface area contributed by atoms with Gasteiger partial charge >= 0.3 is 5.97 Å². The lowest BCUT2D eigenvalue weighted by Gasteiger charge is -2.00. The fraction of sp³-hybridized carbons (Fsp3) is 0.154. The van der Waals surface area contributed by atoms with Crippen LogP contribution in [0, 0.1) is 0 Å². The number of ether oxygens (including phenoxy) is 1. The third-order valence-electron chi connectivity index (χ3n) is 2.37. The predicted molar refractivity (Wildman–Crippen MR) is 65.7 cm³/mol. The van der Waals surface area contributed by atoms with Gasteiger partial charge in [0.05, 0.1) is 6.61 Å². The maximum absolute atomic E-state index is 11.8. The van der Waals surface area contributed by atoms with Gasteiger partial charge in [-0.2, -0.15) is 0 Å². The van der Waals surface area contributed by atoms with Crippen molar-refractivity contribution in [2.75, 3.05) is 6.61 Å². The smallest absolute Gasteiger partial charge is 0.373 e. The van der Waals surface area contributed by atoms with Gasteiger partial charge in [-0.15, -0.1) is 0 Å². The van der Waals surface area contributed by atoms with Gasteiger partial charge in [0.2, 0.25) is 5.76 Å². The molecule has 98 valence electrons. The third-order valence-corrected chi connectivity index (χ3v) is 2.37. The van der Waals surface area contributed by atoms with E-state index in [1.54, 1.807) is 13.0 Å². The summed E-state index contributed by atoms with van der Waals surface area (Å²) >= 11 is 0. The Bertz CT molecular complexity index is 656. The summed E-state index contributed by atoms with van der Waals surface area (Å²) in [6.45, 7) is 1.72. The Hall–Kier alpha value is -2.63. The fourth-order valence-corrected chi connectivity index (χ4v) is 1.48. The molecule has 0 unspecified atom stereocenters. The fourth-order valence-electron chi connectivity index (χ4n) is 1.48. The molecular weight excluding hydrogens is 250 g/mol. The van der Waals surface area contributed by atoms with Crippen LogP contribution in [0.2, 0.25) is 0 Å². The molecule has 0 aliphatic heterocycles. The maximum Gasteiger partial charge on any atom is 0.373 e. The Morgan fingerprint density at radius 2 is 2.26 bits per heavy atom. The summed E-state index contributed by atoms with van der Waals surface area (Å²) in [4.78, 5) is 26.9. The average Bonchev–Trinajstić information content (AvgIpc) is 2.85. The first-order valence-electron chi connectivity index (χ1n) is 5.57. The zero-order chi connectivity index (χ0) is 13.8. The minimum atomic E-state index is -0.934. The molecule has 2 aromatic rings. The first-order valence-corrected chi connectivity index (χ1v) is 5.57. The number of ketones is 1. The average molecular weight is 261 g/mol. The third kappa shape index (κ3) is 2.79. The van der Waals surface area contributed by atoms with E-state index in [0.717, 1.165) is 6.08 Å². The van der Waals surface area contributed by atoms with Crippen molar-refractivity contribution in [1.82, 2.24) is 4.98 Å². The lowest BCUT2D eigenvalue weighted by molar-refractivity contribution is -0.141. The highest BCUT2D eigenvalue weighted by Crippen LogP contribution is 2.15. The van der Waals surface area contributed by atoms with Crippen molar-refractivity contribution in [2.45, 2.75) is 6.92 Å². The quantitative estimate of drug-likeness (QED) is 0.392. The molecule has 0 aliphatic rings. The number of nitrogens with zero attached hydrogens (tertiary/aromatic N) is 1. The van der Waals surface area contributed by atoms with Crippen LogP contribution in [0.15, 0.2) is 40.8 Å². The maximum atomic E-state index is 11.8. The first kappa shape index (κ1) is 12.8. The van der Waals surface area contributed by atoms with E-state index >= 15 is 0 Å². The Labute approximate surface area is 108 Å². The molecule has 0 atom stereocenters. The van der Waals surface area contributed by atoms with Crippen molar-refractivity contribution in [3.05, 3.63) is 42.0 Å². The SMILES string of the molecule is CCOC(=O)/C(O)=C/C(=O)c1ccc2ncoc2c1. The Morgan fingerprint density at radius 1 is 1.47 bits per heavy atom. The van der Waals surface area contributed by atoms with Gasteiger partial charge in [0.25, 0.3) is 0 Å². The number of aliphatic hydroxyl groups is 1. The monoisotopic (exact) mass is 261 g/mol. The molecule has 0 fully saturated rings. The normalized spacial score (nSPS) is 11.5. The van der Waals surface area contributed by atoms with Crippen molar-refractivity contribution in [1.29, 1.82) is 0 Å². The van der Waals surface area contributed by atoms with Gasteiger partial charge in [-0.1, -0.05) is 0 Å². The van der Waals surface area contributed by atoms with Gasteiger partial charge < -0.3 is 14.3 Å². The van der Waals surface area contributed by atoms with Gasteiger partial charge in [0.15, 0.2) is 17.8 Å². The number of fused-ring (bicyclic) bond motifs is 1. The Morgan fingerprint density at radius 3 is 3.00 bits per heavy atom. The molecular formula is C13H11NO5. The van der Waals surface area contributed by atoms with E-state index in [9.17, 15) is 14.7 Å². The van der Waals surface area contributed by atoms with Crippen LogP contribution in [0.25, 0.3) is 11.1 Å². The number of carbonyl (C=O) groups is 2. The lowest BCUT2D eigenvalue weighted by atomic mass is 10.1. The second-order valence-corrected chi connectivity index (χ2v) is 3.65. The molecule has 0 saturated carbocycles. The summed E-state index contributed by atoms with van der Waals surface area (Å²) < 4.78 is 9.62. The zero-order valence-corrected chi connectivity index (χ0v) is 10.1. The largest absolute Gasteiger partial charge is 0.502 e. The van der Waals surface area contributed by atoms with Crippen molar-refractivity contribution in [2.24, 2.45) is 0 Å². The topological polar surface area (TPSA) is 89.6 Å². The van der Waals surface area contributed by atoms with Gasteiger partial charge in [0, 0.05) is 11.6 Å². The number of esters is 1. The molecule has 1 N–H and O–H groups in total. The van der Waals surface area contributed by atoms with Crippen LogP contribution in [-0.2, 0) is 9.53 Å². The Balaban J connectivity index is 2.23. The first-order chi connectivity index (χ1) is 9.11. The number of aromatic nitrogens is 1. The molecule has 0 amide bonds. The molecule has 0 saturated heterocycles. The highest BCUT2D eigenvalue weighted by molar-refractivity contribution is 6.09. The predicted octanol–water partition coefficient (Wildman–Crippen LogP) is 2.02. The minimum Gasteiger partial charge on any atom is -0.502 e. The molecule has 6 heteroatoms. The molecule has 2 rings (SSSR count). The van der Waals surface area contributed by atoms with Crippen LogP contribution >= 0.6 is 0 Å². The van der Waals surface area contributed by atoms with E-state index in [-0.39, 0.29) is 12.2 Å². The second-order valence-electron chi connectivity index (χ2n) is 3.65. The summed E-state index contributed by atoms with van der Waals surface area (Å²) in [5.74, 6) is -2.19. The number of hydrogen-bond acceptors (Lipinski definition) is 6. The number of benzene rings is 1. The number of allylic oxidation sites excluding steroid dienone is 1. The van der Waals surface area contributed by atoms with Crippen LogP contribution in [0.1, 0.15) is 17.3 Å². The van der Waals surface area contributed by atoms with Gasteiger partial charge in [-0.25, -0.2) is 9.78 Å². The van der Waals surface area contributed by atoms with Crippen molar-refractivity contribution in [3.63, 3.8) is 0 Å². The highest BCUT2D eigenvalue weighted by Gasteiger charge is 2.13. The van der Waals surface area contributed by atoms with Gasteiger partial charge in [-0.3, -0.25) is 4.79 Å². The highest BCUT2D eigenvalue weighted by atomic mass is 16.5. The summed E-state index contributed by atoms with van der Waals surface area (Å²) in [6.07, 6.45) is 2.08. The zero-order valence-electron chi connectivity index (χ0n) is 10.1. The van der Waals surface area contributed by atoms with E-state index in [1.807, 2.05) is 0 Å². The van der Waals surface area contributed by atoms with E-state index in [4.69, 9.17) is 4.42 Å². The van der Waals surface area contributed by atoms with Crippen LogP contribution in [0.5, 0.6) is 0 Å². The number of hydrogen-bond donors (Lipinski definition) is 1. The standard InChI is InChI=1S/C13H11NO5/c1-2-18-13(17)11(16)6-10(15)8-3-4-9-12(5-8)19-7-14-9/h3-7,16H,2H2,1H3/b11-6-. The van der Waals surface area contributed by atoms with Gasteiger partial charge in [-0.05, 0) is 25.1 Å². The molecule has 0 bridgehead atoms. The minimum absolute atomic E-state index is 0.120. The summed E-state index contributed by atoms with van der Waals surface area (Å²) in [5, 5.41) is 9.38. The van der Waals surface area contributed by atoms with E-state index in [1.165, 1.54) is 18.5 Å². The lowest BCUT2D eigenvalue weighted by Crippen LogP contribution is -2.09. The molecule has 6 nitrogen and oxygen atoms in total. The van der Waals surface area contributed by atoms with Gasteiger partial charge in [0.1, 0.15) is 5.52 Å². The van der Waals surface area contributed by atoms with Crippen LogP contribution in [0.4, 0.5) is 0 Å². The van der Waals surface area contributed by atoms with Crippen molar-refractivity contribution in [3.8, 4) is 0 Å². The number of rotatable bonds is 4.